The lowest BCUT2D eigenvalue weighted by Crippen LogP contribution is -2.43. The minimum Gasteiger partial charge on any atom is -0.484 e. The summed E-state index contributed by atoms with van der Waals surface area (Å²) in [6, 6.07) is 15.7. The minimum atomic E-state index is -0.250. The Kier molecular flexibility index (Phi) is 4.57. The van der Waals surface area contributed by atoms with E-state index >= 15 is 0 Å². The topological polar surface area (TPSA) is 41.6 Å². The number of aryl methyl sites for hydroxylation is 1. The van der Waals surface area contributed by atoms with Gasteiger partial charge in [-0.15, -0.1) is 0 Å². The molecule has 1 aliphatic rings. The third-order valence-electron chi connectivity index (χ3n) is 3.77. The number of hydrogen-bond acceptors (Lipinski definition) is 3. The molecule has 0 atom stereocenters. The number of ether oxygens (including phenoxy) is 1. The van der Waals surface area contributed by atoms with Crippen molar-refractivity contribution in [3.63, 3.8) is 0 Å². The van der Waals surface area contributed by atoms with Crippen molar-refractivity contribution < 1.29 is 9.53 Å². The molecular formula is C18H18N2O2S. The Balaban J connectivity index is 1.54. The monoisotopic (exact) mass is 326 g/mol. The number of anilines is 1. The largest absolute Gasteiger partial charge is 0.484 e. The summed E-state index contributed by atoms with van der Waals surface area (Å²) in [5, 5.41) is 3.16. The van der Waals surface area contributed by atoms with E-state index < -0.39 is 0 Å². The number of thiocarbonyl (C=S) groups is 1. The van der Waals surface area contributed by atoms with Crippen LogP contribution in [0.5, 0.6) is 5.75 Å². The first-order valence-electron chi connectivity index (χ1n) is 7.52. The van der Waals surface area contributed by atoms with Gasteiger partial charge in [0.2, 0.25) is 0 Å². The molecule has 1 heterocycles. The van der Waals surface area contributed by atoms with Gasteiger partial charge in [0.25, 0.3) is 5.91 Å². The van der Waals surface area contributed by atoms with Crippen LogP contribution in [-0.4, -0.2) is 24.2 Å². The summed E-state index contributed by atoms with van der Waals surface area (Å²) in [7, 11) is 0. The lowest BCUT2D eigenvalue weighted by molar-refractivity contribution is -0.121. The molecule has 1 N–H and O–H groups in total. The molecule has 0 aromatic heterocycles. The minimum absolute atomic E-state index is 0.0569. The SMILES string of the molecule is Cc1ccc(OCC(=O)NC(=S)N2CCc3ccccc32)cc1. The van der Waals surface area contributed by atoms with Gasteiger partial charge < -0.3 is 9.64 Å². The van der Waals surface area contributed by atoms with Crippen LogP contribution >= 0.6 is 12.2 Å². The molecule has 0 saturated carbocycles. The molecule has 1 aliphatic heterocycles. The molecule has 118 valence electrons. The first kappa shape index (κ1) is 15.5. The second-order valence-corrected chi connectivity index (χ2v) is 5.87. The molecule has 0 bridgehead atoms. The summed E-state index contributed by atoms with van der Waals surface area (Å²) in [6.07, 6.45) is 0.937. The standard InChI is InChI=1S/C18H18N2O2S/c1-13-6-8-15(9-7-13)22-12-17(21)19-18(23)20-11-10-14-4-2-3-5-16(14)20/h2-9H,10-12H2,1H3,(H,19,21,23). The maximum Gasteiger partial charge on any atom is 0.264 e. The summed E-state index contributed by atoms with van der Waals surface area (Å²) in [5.74, 6) is 0.420. The first-order valence-corrected chi connectivity index (χ1v) is 7.93. The summed E-state index contributed by atoms with van der Waals surface area (Å²) < 4.78 is 5.47. The van der Waals surface area contributed by atoms with Gasteiger partial charge in [0.05, 0.1) is 0 Å². The quantitative estimate of drug-likeness (QED) is 0.881. The van der Waals surface area contributed by atoms with Crippen LogP contribution < -0.4 is 15.0 Å². The van der Waals surface area contributed by atoms with Crippen LogP contribution in [0, 0.1) is 6.92 Å². The highest BCUT2D eigenvalue weighted by molar-refractivity contribution is 7.80. The van der Waals surface area contributed by atoms with Crippen LogP contribution in [0.2, 0.25) is 0 Å². The third-order valence-corrected chi connectivity index (χ3v) is 4.09. The Morgan fingerprint density at radius 1 is 1.22 bits per heavy atom. The van der Waals surface area contributed by atoms with E-state index in [1.807, 2.05) is 54.3 Å². The maximum absolute atomic E-state index is 12.0. The van der Waals surface area contributed by atoms with E-state index in [-0.39, 0.29) is 12.5 Å². The average molecular weight is 326 g/mol. The Labute approximate surface area is 141 Å². The molecule has 5 heteroatoms. The van der Waals surface area contributed by atoms with Gasteiger partial charge in [0.1, 0.15) is 5.75 Å². The summed E-state index contributed by atoms with van der Waals surface area (Å²) >= 11 is 5.35. The van der Waals surface area contributed by atoms with Crippen molar-refractivity contribution in [2.75, 3.05) is 18.1 Å². The fourth-order valence-corrected chi connectivity index (χ4v) is 2.86. The molecule has 1 amide bonds. The highest BCUT2D eigenvalue weighted by atomic mass is 32.1. The van der Waals surface area contributed by atoms with Gasteiger partial charge in [-0.1, -0.05) is 35.9 Å². The number of nitrogens with one attached hydrogen (secondary N) is 1. The van der Waals surface area contributed by atoms with Crippen LogP contribution in [-0.2, 0) is 11.2 Å². The Morgan fingerprint density at radius 2 is 1.96 bits per heavy atom. The average Bonchev–Trinajstić information content (AvgIpc) is 2.98. The molecular weight excluding hydrogens is 308 g/mol. The molecule has 0 saturated heterocycles. The van der Waals surface area contributed by atoms with E-state index in [0.29, 0.717) is 10.9 Å². The smallest absolute Gasteiger partial charge is 0.264 e. The van der Waals surface area contributed by atoms with E-state index in [2.05, 4.69) is 11.4 Å². The van der Waals surface area contributed by atoms with Gasteiger partial charge in [-0.2, -0.15) is 0 Å². The van der Waals surface area contributed by atoms with E-state index in [0.717, 1.165) is 24.2 Å². The molecule has 0 unspecified atom stereocenters. The summed E-state index contributed by atoms with van der Waals surface area (Å²) in [6.45, 7) is 2.73. The van der Waals surface area contributed by atoms with Crippen LogP contribution in [0.15, 0.2) is 48.5 Å². The second-order valence-electron chi connectivity index (χ2n) is 5.49. The lowest BCUT2D eigenvalue weighted by Gasteiger charge is -2.20. The second kappa shape index (κ2) is 6.79. The van der Waals surface area contributed by atoms with Gasteiger partial charge >= 0.3 is 0 Å². The number of carbonyl (C=O) groups is 1. The Bertz CT molecular complexity index is 728. The van der Waals surface area contributed by atoms with Crippen LogP contribution in [0.4, 0.5) is 5.69 Å². The lowest BCUT2D eigenvalue weighted by atomic mass is 10.2. The van der Waals surface area contributed by atoms with E-state index in [1.165, 1.54) is 5.56 Å². The fourth-order valence-electron chi connectivity index (χ4n) is 2.56. The predicted molar refractivity (Wildman–Crippen MR) is 94.9 cm³/mol. The van der Waals surface area contributed by atoms with Gasteiger partial charge in [-0.25, -0.2) is 0 Å². The Hall–Kier alpha value is -2.40. The van der Waals surface area contributed by atoms with Gasteiger partial charge in [-0.05, 0) is 49.3 Å². The van der Waals surface area contributed by atoms with Crippen molar-refractivity contribution in [3.05, 3.63) is 59.7 Å². The number of rotatable bonds is 3. The zero-order valence-corrected chi connectivity index (χ0v) is 13.7. The number of fused-ring (bicyclic) bond motifs is 1. The number of benzene rings is 2. The van der Waals surface area contributed by atoms with Crippen molar-refractivity contribution in [1.82, 2.24) is 5.32 Å². The van der Waals surface area contributed by atoms with Crippen molar-refractivity contribution in [3.8, 4) is 5.75 Å². The molecule has 4 nitrogen and oxygen atoms in total. The van der Waals surface area contributed by atoms with Crippen molar-refractivity contribution in [2.45, 2.75) is 13.3 Å². The first-order chi connectivity index (χ1) is 11.1. The molecule has 3 rings (SSSR count). The molecule has 2 aromatic carbocycles. The number of nitrogens with zero attached hydrogens (tertiary/aromatic N) is 1. The number of carbonyl (C=O) groups excluding carboxylic acids is 1. The van der Waals surface area contributed by atoms with Gasteiger partial charge in [-0.3, -0.25) is 10.1 Å². The van der Waals surface area contributed by atoms with Crippen molar-refractivity contribution >= 4 is 28.9 Å². The van der Waals surface area contributed by atoms with Crippen LogP contribution in [0.1, 0.15) is 11.1 Å². The fraction of sp³-hybridized carbons (Fsp3) is 0.222. The van der Waals surface area contributed by atoms with Crippen molar-refractivity contribution in [2.24, 2.45) is 0 Å². The predicted octanol–water partition coefficient (Wildman–Crippen LogP) is 2.84. The maximum atomic E-state index is 12.0. The number of amides is 1. The molecule has 0 fully saturated rings. The van der Waals surface area contributed by atoms with E-state index in [1.54, 1.807) is 0 Å². The van der Waals surface area contributed by atoms with E-state index in [9.17, 15) is 4.79 Å². The number of para-hydroxylation sites is 1. The molecule has 23 heavy (non-hydrogen) atoms. The van der Waals surface area contributed by atoms with E-state index in [4.69, 9.17) is 17.0 Å². The zero-order valence-electron chi connectivity index (χ0n) is 12.9. The molecule has 0 spiro atoms. The number of hydrogen-bond donors (Lipinski definition) is 1. The highest BCUT2D eigenvalue weighted by Crippen LogP contribution is 2.27. The van der Waals surface area contributed by atoms with Gasteiger partial charge in [0, 0.05) is 12.2 Å². The molecule has 0 radical (unpaired) electrons. The van der Waals surface area contributed by atoms with Crippen LogP contribution in [0.25, 0.3) is 0 Å². The zero-order chi connectivity index (χ0) is 16.2. The summed E-state index contributed by atoms with van der Waals surface area (Å²) in [4.78, 5) is 14.0. The third kappa shape index (κ3) is 3.68. The van der Waals surface area contributed by atoms with Crippen molar-refractivity contribution in [1.29, 1.82) is 0 Å². The van der Waals surface area contributed by atoms with Crippen LogP contribution in [0.3, 0.4) is 0 Å². The highest BCUT2D eigenvalue weighted by Gasteiger charge is 2.22. The summed E-state index contributed by atoms with van der Waals surface area (Å²) in [5.41, 5.74) is 3.47. The van der Waals surface area contributed by atoms with Gasteiger partial charge in [0.15, 0.2) is 11.7 Å². The normalized spacial score (nSPS) is 12.7. The molecule has 0 aliphatic carbocycles. The Morgan fingerprint density at radius 3 is 2.74 bits per heavy atom. The molecule has 2 aromatic rings.